The number of anilines is 1. The fourth-order valence-corrected chi connectivity index (χ4v) is 2.50. The number of nitrogens with two attached hydrogens (primary N) is 1. The van der Waals surface area contributed by atoms with E-state index in [2.05, 4.69) is 26.8 Å². The van der Waals surface area contributed by atoms with Gasteiger partial charge in [-0.1, -0.05) is 32.0 Å². The van der Waals surface area contributed by atoms with Crippen LogP contribution >= 0.6 is 0 Å². The van der Waals surface area contributed by atoms with Crippen molar-refractivity contribution in [2.75, 3.05) is 12.5 Å². The molecule has 1 rings (SSSR count). The van der Waals surface area contributed by atoms with Crippen LogP contribution in [-0.4, -0.2) is 48.8 Å². The molecule has 0 bridgehead atoms. The lowest BCUT2D eigenvalue weighted by atomic mass is 10.0. The molecule has 10 heteroatoms. The first-order valence-electron chi connectivity index (χ1n) is 9.83. The van der Waals surface area contributed by atoms with Crippen LogP contribution in [-0.2, 0) is 19.2 Å². The van der Waals surface area contributed by atoms with Gasteiger partial charge in [-0.3, -0.25) is 30.0 Å². The van der Waals surface area contributed by atoms with Crippen LogP contribution in [0, 0.1) is 5.92 Å². The second-order valence-corrected chi connectivity index (χ2v) is 7.29. The van der Waals surface area contributed by atoms with Gasteiger partial charge in [-0.05, 0) is 38.4 Å². The maximum Gasteiger partial charge on any atom is 0.260 e. The van der Waals surface area contributed by atoms with Gasteiger partial charge in [0.15, 0.2) is 0 Å². The third-order valence-electron chi connectivity index (χ3n) is 4.49. The molecule has 0 aliphatic carbocycles. The molecule has 3 atom stereocenters. The molecule has 0 radical (unpaired) electrons. The molecule has 1 aromatic rings. The van der Waals surface area contributed by atoms with Crippen LogP contribution in [0.5, 0.6) is 0 Å². The maximum absolute atomic E-state index is 12.8. The van der Waals surface area contributed by atoms with Crippen molar-refractivity contribution in [3.8, 4) is 0 Å². The minimum absolute atomic E-state index is 0.0229. The third kappa shape index (κ3) is 8.48. The number of hydrazine groups is 1. The monoisotopic (exact) mass is 420 g/mol. The Balaban J connectivity index is 2.84. The summed E-state index contributed by atoms with van der Waals surface area (Å²) in [6.45, 7) is 5.23. The predicted octanol–water partition coefficient (Wildman–Crippen LogP) is -0.371. The molecule has 0 aliphatic heterocycles. The predicted molar refractivity (Wildman–Crippen MR) is 114 cm³/mol. The molecule has 30 heavy (non-hydrogen) atoms. The van der Waals surface area contributed by atoms with Crippen LogP contribution in [0.3, 0.4) is 0 Å². The molecule has 10 nitrogen and oxygen atoms in total. The lowest BCUT2D eigenvalue weighted by Gasteiger charge is -2.26. The van der Waals surface area contributed by atoms with Crippen molar-refractivity contribution < 1.29 is 19.2 Å². The number of likely N-dealkylation sites (N-methyl/N-ethyl adjacent to an activating group) is 1. The van der Waals surface area contributed by atoms with E-state index < -0.39 is 35.8 Å². The summed E-state index contributed by atoms with van der Waals surface area (Å²) in [5.74, 6) is -2.21. The van der Waals surface area contributed by atoms with Gasteiger partial charge in [-0.15, -0.1) is 0 Å². The van der Waals surface area contributed by atoms with E-state index in [1.807, 2.05) is 6.07 Å². The van der Waals surface area contributed by atoms with E-state index in [9.17, 15) is 19.2 Å². The first kappa shape index (κ1) is 24.9. The minimum Gasteiger partial charge on any atom is -0.370 e. The third-order valence-corrected chi connectivity index (χ3v) is 4.49. The smallest absolute Gasteiger partial charge is 0.260 e. The largest absolute Gasteiger partial charge is 0.370 e. The van der Waals surface area contributed by atoms with Crippen LogP contribution < -0.4 is 32.5 Å². The van der Waals surface area contributed by atoms with Crippen LogP contribution in [0.2, 0.25) is 0 Å². The van der Waals surface area contributed by atoms with E-state index in [0.29, 0.717) is 5.69 Å². The molecule has 0 unspecified atom stereocenters. The van der Waals surface area contributed by atoms with Gasteiger partial charge in [0.2, 0.25) is 17.7 Å². The molecule has 166 valence electrons. The van der Waals surface area contributed by atoms with E-state index in [0.717, 1.165) is 0 Å². The van der Waals surface area contributed by atoms with Crippen LogP contribution in [0.15, 0.2) is 30.3 Å². The maximum atomic E-state index is 12.8. The highest BCUT2D eigenvalue weighted by Gasteiger charge is 2.29. The molecule has 0 heterocycles. The van der Waals surface area contributed by atoms with Gasteiger partial charge in [-0.2, -0.15) is 0 Å². The van der Waals surface area contributed by atoms with E-state index in [-0.39, 0.29) is 24.7 Å². The second-order valence-electron chi connectivity index (χ2n) is 7.29. The van der Waals surface area contributed by atoms with Gasteiger partial charge in [0.1, 0.15) is 12.1 Å². The van der Waals surface area contributed by atoms with Gasteiger partial charge in [0, 0.05) is 6.42 Å². The van der Waals surface area contributed by atoms with Gasteiger partial charge in [0.25, 0.3) is 5.91 Å². The van der Waals surface area contributed by atoms with Gasteiger partial charge in [0.05, 0.1) is 11.7 Å². The SMILES string of the molecule is CN[C@@H](C)C(=O)N[C@H](C(=O)N[C@@H](CCC(N)=O)C(=O)NNc1ccccc1)C(C)C. The number of hydrogen-bond acceptors (Lipinski definition) is 6. The quantitative estimate of drug-likeness (QED) is 0.254. The van der Waals surface area contributed by atoms with E-state index in [4.69, 9.17) is 5.73 Å². The van der Waals surface area contributed by atoms with Crippen LogP contribution in [0.25, 0.3) is 0 Å². The van der Waals surface area contributed by atoms with Crippen LogP contribution in [0.4, 0.5) is 5.69 Å². The summed E-state index contributed by atoms with van der Waals surface area (Å²) in [6, 6.07) is 6.59. The Labute approximate surface area is 176 Å². The first-order valence-corrected chi connectivity index (χ1v) is 9.83. The zero-order valence-electron chi connectivity index (χ0n) is 17.8. The number of hydrogen-bond donors (Lipinski definition) is 6. The number of carbonyl (C=O) groups excluding carboxylic acids is 4. The molecule has 0 fully saturated rings. The molecule has 0 aliphatic rings. The highest BCUT2D eigenvalue weighted by atomic mass is 16.2. The van der Waals surface area contributed by atoms with E-state index in [1.54, 1.807) is 52.1 Å². The average Bonchev–Trinajstić information content (AvgIpc) is 2.72. The Morgan fingerprint density at radius 3 is 2.10 bits per heavy atom. The molecule has 7 N–H and O–H groups in total. The lowest BCUT2D eigenvalue weighted by Crippen LogP contribution is -2.57. The summed E-state index contributed by atoms with van der Waals surface area (Å²) < 4.78 is 0. The summed E-state index contributed by atoms with van der Waals surface area (Å²) in [4.78, 5) is 48.8. The lowest BCUT2D eigenvalue weighted by molar-refractivity contribution is -0.133. The van der Waals surface area contributed by atoms with E-state index >= 15 is 0 Å². The molecule has 0 spiro atoms. The Hall–Kier alpha value is -3.14. The Bertz CT molecular complexity index is 725. The normalized spacial score (nSPS) is 13.6. The number of primary amides is 1. The summed E-state index contributed by atoms with van der Waals surface area (Å²) in [5.41, 5.74) is 11.1. The van der Waals surface area contributed by atoms with Crippen molar-refractivity contribution in [2.24, 2.45) is 11.7 Å². The summed E-state index contributed by atoms with van der Waals surface area (Å²) in [7, 11) is 1.64. The Kier molecular flexibility index (Phi) is 10.3. The number of para-hydroxylation sites is 1. The van der Waals surface area contributed by atoms with Crippen molar-refractivity contribution in [3.63, 3.8) is 0 Å². The number of amides is 4. The number of nitrogens with one attached hydrogen (secondary N) is 5. The van der Waals surface area contributed by atoms with Crippen molar-refractivity contribution in [1.82, 2.24) is 21.4 Å². The first-order chi connectivity index (χ1) is 14.1. The molecular weight excluding hydrogens is 388 g/mol. The average molecular weight is 421 g/mol. The summed E-state index contributed by atoms with van der Waals surface area (Å²) in [6.07, 6.45) is -0.0613. The van der Waals surface area contributed by atoms with E-state index in [1.165, 1.54) is 0 Å². The second kappa shape index (κ2) is 12.4. The van der Waals surface area contributed by atoms with Crippen LogP contribution in [0.1, 0.15) is 33.6 Å². The van der Waals surface area contributed by atoms with Crippen molar-refractivity contribution in [1.29, 1.82) is 0 Å². The molecule has 1 aromatic carbocycles. The fraction of sp³-hybridized carbons (Fsp3) is 0.500. The standard InChI is InChI=1S/C20H32N6O4/c1-12(2)17(24-18(28)13(3)22-4)20(30)23-15(10-11-16(21)27)19(29)26-25-14-8-6-5-7-9-14/h5-9,12-13,15,17,22,25H,10-11H2,1-4H3,(H2,21,27)(H,23,30)(H,24,28)(H,26,29)/t13-,15-,17-/m0/s1. The fourth-order valence-electron chi connectivity index (χ4n) is 2.50. The Morgan fingerprint density at radius 1 is 0.933 bits per heavy atom. The highest BCUT2D eigenvalue weighted by Crippen LogP contribution is 2.07. The zero-order chi connectivity index (χ0) is 22.7. The molecule has 0 saturated carbocycles. The number of benzene rings is 1. The van der Waals surface area contributed by atoms with Crippen molar-refractivity contribution >= 4 is 29.3 Å². The van der Waals surface area contributed by atoms with Gasteiger partial charge >= 0.3 is 0 Å². The zero-order valence-corrected chi connectivity index (χ0v) is 17.8. The molecule has 0 saturated heterocycles. The minimum atomic E-state index is -1.01. The molecule has 0 aromatic heterocycles. The topological polar surface area (TPSA) is 154 Å². The Morgan fingerprint density at radius 2 is 1.57 bits per heavy atom. The van der Waals surface area contributed by atoms with Gasteiger partial charge < -0.3 is 21.7 Å². The molecular formula is C20H32N6O4. The number of rotatable bonds is 12. The highest BCUT2D eigenvalue weighted by molar-refractivity contribution is 5.93. The van der Waals surface area contributed by atoms with Crippen molar-refractivity contribution in [3.05, 3.63) is 30.3 Å². The summed E-state index contributed by atoms with van der Waals surface area (Å²) >= 11 is 0. The summed E-state index contributed by atoms with van der Waals surface area (Å²) in [5, 5.41) is 8.10. The van der Waals surface area contributed by atoms with Crippen molar-refractivity contribution in [2.45, 2.75) is 51.7 Å². The molecule has 4 amide bonds. The number of carbonyl (C=O) groups is 4. The van der Waals surface area contributed by atoms with Gasteiger partial charge in [-0.25, -0.2) is 0 Å².